The van der Waals surface area contributed by atoms with Crippen LogP contribution >= 0.6 is 12.6 Å². The van der Waals surface area contributed by atoms with E-state index >= 15 is 0 Å². The van der Waals surface area contributed by atoms with E-state index in [1.165, 1.54) is 43.6 Å². The van der Waals surface area contributed by atoms with Gasteiger partial charge in [-0.25, -0.2) is 0 Å². The number of benzene rings is 1. The topological polar surface area (TPSA) is 3.24 Å². The maximum absolute atomic E-state index is 4.16. The van der Waals surface area contributed by atoms with Gasteiger partial charge in [0.1, 0.15) is 0 Å². The normalized spacial score (nSPS) is 16.9. The van der Waals surface area contributed by atoms with Crippen molar-refractivity contribution in [3.05, 3.63) is 35.9 Å². The lowest BCUT2D eigenvalue weighted by Gasteiger charge is -2.28. The van der Waals surface area contributed by atoms with Crippen LogP contribution in [-0.2, 0) is 0 Å². The zero-order valence-corrected chi connectivity index (χ0v) is 10.5. The Labute approximate surface area is 104 Å². The Morgan fingerprint density at radius 2 is 1.75 bits per heavy atom. The van der Waals surface area contributed by atoms with Crippen molar-refractivity contribution in [2.24, 2.45) is 0 Å². The Hall–Kier alpha value is -0.890. The molecule has 0 aliphatic carbocycles. The van der Waals surface area contributed by atoms with Crippen molar-refractivity contribution in [2.45, 2.75) is 19.3 Å². The lowest BCUT2D eigenvalue weighted by molar-refractivity contribution is 0.578. The Morgan fingerprint density at radius 1 is 1.06 bits per heavy atom. The maximum Gasteiger partial charge on any atom is 0.0366 e. The molecule has 1 nitrogen and oxygen atoms in total. The first-order chi connectivity index (χ1) is 7.90. The summed E-state index contributed by atoms with van der Waals surface area (Å²) < 4.78 is 0. The van der Waals surface area contributed by atoms with Crippen LogP contribution in [0.3, 0.4) is 0 Å². The highest BCUT2D eigenvalue weighted by molar-refractivity contribution is 7.80. The van der Waals surface area contributed by atoms with Gasteiger partial charge in [0, 0.05) is 24.5 Å². The molecule has 1 fully saturated rings. The Kier molecular flexibility index (Phi) is 4.34. The zero-order chi connectivity index (χ0) is 11.2. The summed E-state index contributed by atoms with van der Waals surface area (Å²) in [7, 11) is 0. The molecule has 2 heteroatoms. The third-order valence-electron chi connectivity index (χ3n) is 3.03. The highest BCUT2D eigenvalue weighted by Gasteiger charge is 2.09. The fourth-order valence-corrected chi connectivity index (χ4v) is 2.24. The highest BCUT2D eigenvalue weighted by Crippen LogP contribution is 2.20. The summed E-state index contributed by atoms with van der Waals surface area (Å²) in [5.74, 6) is 0.799. The molecule has 1 heterocycles. The quantitative estimate of drug-likeness (QED) is 0.780. The SMILES string of the molecule is SCC=Cc1ccc(N2CCCCC2)cc1. The van der Waals surface area contributed by atoms with Gasteiger partial charge in [-0.05, 0) is 37.0 Å². The standard InChI is InChI=1S/C14H19NS/c16-12-4-5-13-6-8-14(9-7-13)15-10-2-1-3-11-15/h4-9,16H,1-3,10-12H2. The van der Waals surface area contributed by atoms with Gasteiger partial charge in [0.2, 0.25) is 0 Å². The average Bonchev–Trinajstić information content (AvgIpc) is 2.38. The van der Waals surface area contributed by atoms with Gasteiger partial charge in [0.15, 0.2) is 0 Å². The first-order valence-corrected chi connectivity index (χ1v) is 6.66. The van der Waals surface area contributed by atoms with Crippen LogP contribution in [0.4, 0.5) is 5.69 Å². The lowest BCUT2D eigenvalue weighted by atomic mass is 10.1. The highest BCUT2D eigenvalue weighted by atomic mass is 32.1. The second-order valence-corrected chi connectivity index (χ2v) is 4.59. The van der Waals surface area contributed by atoms with Gasteiger partial charge in [-0.2, -0.15) is 12.6 Å². The van der Waals surface area contributed by atoms with E-state index in [1.807, 2.05) is 0 Å². The van der Waals surface area contributed by atoms with E-state index in [0.29, 0.717) is 0 Å². The van der Waals surface area contributed by atoms with E-state index in [2.05, 4.69) is 53.9 Å². The van der Waals surface area contributed by atoms with Gasteiger partial charge in [-0.1, -0.05) is 24.3 Å². The molecule has 0 radical (unpaired) electrons. The summed E-state index contributed by atoms with van der Waals surface area (Å²) in [4.78, 5) is 2.48. The Balaban J connectivity index is 2.03. The molecule has 16 heavy (non-hydrogen) atoms. The second kappa shape index (κ2) is 6.00. The van der Waals surface area contributed by atoms with Crippen LogP contribution in [0.5, 0.6) is 0 Å². The minimum absolute atomic E-state index is 0.799. The molecule has 0 aromatic heterocycles. The van der Waals surface area contributed by atoms with E-state index in [9.17, 15) is 0 Å². The van der Waals surface area contributed by atoms with Crippen molar-refractivity contribution >= 4 is 24.4 Å². The molecule has 0 amide bonds. The van der Waals surface area contributed by atoms with Crippen LogP contribution in [-0.4, -0.2) is 18.8 Å². The van der Waals surface area contributed by atoms with Crippen LogP contribution in [0.25, 0.3) is 6.08 Å². The molecule has 0 unspecified atom stereocenters. The summed E-state index contributed by atoms with van der Waals surface area (Å²) >= 11 is 4.16. The van der Waals surface area contributed by atoms with Crippen molar-refractivity contribution < 1.29 is 0 Å². The molecular weight excluding hydrogens is 214 g/mol. The van der Waals surface area contributed by atoms with E-state index in [0.717, 1.165) is 5.75 Å². The zero-order valence-electron chi connectivity index (χ0n) is 9.60. The first kappa shape index (κ1) is 11.6. The van der Waals surface area contributed by atoms with E-state index < -0.39 is 0 Å². The van der Waals surface area contributed by atoms with Gasteiger partial charge in [0.05, 0.1) is 0 Å². The molecule has 1 aliphatic rings. The minimum Gasteiger partial charge on any atom is -0.372 e. The smallest absolute Gasteiger partial charge is 0.0366 e. The monoisotopic (exact) mass is 233 g/mol. The van der Waals surface area contributed by atoms with Gasteiger partial charge >= 0.3 is 0 Å². The maximum atomic E-state index is 4.16. The van der Waals surface area contributed by atoms with Crippen LogP contribution < -0.4 is 4.90 Å². The summed E-state index contributed by atoms with van der Waals surface area (Å²) in [6.45, 7) is 2.43. The Morgan fingerprint density at radius 3 is 2.38 bits per heavy atom. The predicted octanol–water partition coefficient (Wildman–Crippen LogP) is 3.62. The number of piperidine rings is 1. The molecule has 0 spiro atoms. The number of hydrogen-bond donors (Lipinski definition) is 1. The molecule has 1 saturated heterocycles. The number of nitrogens with zero attached hydrogens (tertiary/aromatic N) is 1. The molecular formula is C14H19NS. The molecule has 1 aromatic rings. The number of anilines is 1. The Bertz CT molecular complexity index is 336. The fourth-order valence-electron chi connectivity index (χ4n) is 2.14. The average molecular weight is 233 g/mol. The van der Waals surface area contributed by atoms with Gasteiger partial charge in [0.25, 0.3) is 0 Å². The first-order valence-electron chi connectivity index (χ1n) is 6.02. The summed E-state index contributed by atoms with van der Waals surface area (Å²) in [6, 6.07) is 8.82. The summed E-state index contributed by atoms with van der Waals surface area (Å²) in [5, 5.41) is 0. The molecule has 0 saturated carbocycles. The minimum atomic E-state index is 0.799. The molecule has 0 N–H and O–H groups in total. The van der Waals surface area contributed by atoms with Crippen molar-refractivity contribution in [3.63, 3.8) is 0 Å². The molecule has 0 bridgehead atoms. The largest absolute Gasteiger partial charge is 0.372 e. The van der Waals surface area contributed by atoms with Crippen molar-refractivity contribution in [2.75, 3.05) is 23.7 Å². The van der Waals surface area contributed by atoms with Crippen molar-refractivity contribution in [1.82, 2.24) is 0 Å². The fraction of sp³-hybridized carbons (Fsp3) is 0.429. The summed E-state index contributed by atoms with van der Waals surface area (Å²) in [6.07, 6.45) is 8.24. The van der Waals surface area contributed by atoms with Gasteiger partial charge < -0.3 is 4.90 Å². The van der Waals surface area contributed by atoms with Gasteiger partial charge in [-0.15, -0.1) is 0 Å². The molecule has 0 atom stereocenters. The van der Waals surface area contributed by atoms with Gasteiger partial charge in [-0.3, -0.25) is 0 Å². The molecule has 2 rings (SSSR count). The number of hydrogen-bond acceptors (Lipinski definition) is 2. The molecule has 1 aliphatic heterocycles. The van der Waals surface area contributed by atoms with Crippen LogP contribution in [0, 0.1) is 0 Å². The lowest BCUT2D eigenvalue weighted by Crippen LogP contribution is -2.29. The molecule has 1 aromatic carbocycles. The number of rotatable bonds is 3. The number of thiol groups is 1. The third kappa shape index (κ3) is 3.05. The van der Waals surface area contributed by atoms with Crippen LogP contribution in [0.1, 0.15) is 24.8 Å². The van der Waals surface area contributed by atoms with Crippen molar-refractivity contribution in [3.8, 4) is 0 Å². The van der Waals surface area contributed by atoms with E-state index in [1.54, 1.807) is 0 Å². The van der Waals surface area contributed by atoms with Crippen molar-refractivity contribution in [1.29, 1.82) is 0 Å². The van der Waals surface area contributed by atoms with Crippen LogP contribution in [0.2, 0.25) is 0 Å². The van der Waals surface area contributed by atoms with Crippen LogP contribution in [0.15, 0.2) is 30.3 Å². The van der Waals surface area contributed by atoms with E-state index in [4.69, 9.17) is 0 Å². The molecule has 86 valence electrons. The second-order valence-electron chi connectivity index (χ2n) is 4.22. The predicted molar refractivity (Wildman–Crippen MR) is 75.4 cm³/mol. The summed E-state index contributed by atoms with van der Waals surface area (Å²) in [5.41, 5.74) is 2.62. The van der Waals surface area contributed by atoms with E-state index in [-0.39, 0.29) is 0 Å². The third-order valence-corrected chi connectivity index (χ3v) is 3.24.